The third-order valence-electron chi connectivity index (χ3n) is 2.22. The summed E-state index contributed by atoms with van der Waals surface area (Å²) in [6.07, 6.45) is 2.49. The van der Waals surface area contributed by atoms with Crippen LogP contribution in [0.1, 0.15) is 18.4 Å². The second kappa shape index (κ2) is 3.96. The molecule has 74 valence electrons. The van der Waals surface area contributed by atoms with Gasteiger partial charge in [-0.2, -0.15) is 0 Å². The minimum atomic E-state index is 0.612. The highest BCUT2D eigenvalue weighted by molar-refractivity contribution is 7.80. The highest BCUT2D eigenvalue weighted by Crippen LogP contribution is 2.18. The van der Waals surface area contributed by atoms with Gasteiger partial charge in [-0.25, -0.2) is 0 Å². The van der Waals surface area contributed by atoms with Crippen LogP contribution in [-0.2, 0) is 0 Å². The standard InChI is InChI=1S/C11H14N2S/c1-8-2-4-9(5-3-8)12-11(14)13-10-6-7-10/h2-5,10H,6-7H2,1H3,(H2,12,13,14). The first-order chi connectivity index (χ1) is 6.74. The molecule has 0 radical (unpaired) electrons. The number of nitrogens with one attached hydrogen (secondary N) is 2. The van der Waals surface area contributed by atoms with Crippen LogP contribution in [0.15, 0.2) is 24.3 Å². The SMILES string of the molecule is Cc1ccc(NC(=S)NC2CC2)cc1. The van der Waals surface area contributed by atoms with E-state index in [-0.39, 0.29) is 0 Å². The molecule has 0 atom stereocenters. The summed E-state index contributed by atoms with van der Waals surface area (Å²) in [6.45, 7) is 2.07. The van der Waals surface area contributed by atoms with Gasteiger partial charge in [0.2, 0.25) is 0 Å². The molecule has 0 spiro atoms. The smallest absolute Gasteiger partial charge is 0.170 e. The lowest BCUT2D eigenvalue weighted by Gasteiger charge is -2.09. The molecule has 2 N–H and O–H groups in total. The van der Waals surface area contributed by atoms with Crippen molar-refractivity contribution in [1.82, 2.24) is 5.32 Å². The topological polar surface area (TPSA) is 24.1 Å². The lowest BCUT2D eigenvalue weighted by Crippen LogP contribution is -2.30. The Labute approximate surface area is 89.7 Å². The summed E-state index contributed by atoms with van der Waals surface area (Å²) < 4.78 is 0. The number of aryl methyl sites for hydroxylation is 1. The number of thiocarbonyl (C=S) groups is 1. The molecular weight excluding hydrogens is 192 g/mol. The van der Waals surface area contributed by atoms with Gasteiger partial charge in [0.15, 0.2) is 5.11 Å². The van der Waals surface area contributed by atoms with Crippen molar-refractivity contribution in [1.29, 1.82) is 0 Å². The molecule has 0 aromatic heterocycles. The van der Waals surface area contributed by atoms with Gasteiger partial charge in [0.1, 0.15) is 0 Å². The van der Waals surface area contributed by atoms with Gasteiger partial charge < -0.3 is 10.6 Å². The third-order valence-corrected chi connectivity index (χ3v) is 2.44. The van der Waals surface area contributed by atoms with Crippen LogP contribution in [0.2, 0.25) is 0 Å². The molecule has 1 saturated carbocycles. The molecule has 0 bridgehead atoms. The number of rotatable bonds is 2. The molecule has 0 saturated heterocycles. The predicted molar refractivity (Wildman–Crippen MR) is 63.6 cm³/mol. The zero-order valence-electron chi connectivity index (χ0n) is 8.21. The number of anilines is 1. The van der Waals surface area contributed by atoms with Gasteiger partial charge in [0.05, 0.1) is 0 Å². The molecule has 1 aromatic rings. The van der Waals surface area contributed by atoms with Crippen molar-refractivity contribution >= 4 is 23.0 Å². The molecule has 1 aromatic carbocycles. The van der Waals surface area contributed by atoms with Crippen LogP contribution in [0.4, 0.5) is 5.69 Å². The minimum absolute atomic E-state index is 0.612. The maximum Gasteiger partial charge on any atom is 0.170 e. The summed E-state index contributed by atoms with van der Waals surface area (Å²) in [5.41, 5.74) is 2.31. The number of hydrogen-bond donors (Lipinski definition) is 2. The van der Waals surface area contributed by atoms with Crippen molar-refractivity contribution in [3.05, 3.63) is 29.8 Å². The van der Waals surface area contributed by atoms with E-state index in [1.165, 1.54) is 18.4 Å². The molecule has 0 aliphatic heterocycles. The quantitative estimate of drug-likeness (QED) is 0.727. The van der Waals surface area contributed by atoms with Crippen LogP contribution in [-0.4, -0.2) is 11.2 Å². The van der Waals surface area contributed by atoms with E-state index in [9.17, 15) is 0 Å². The molecular formula is C11H14N2S. The highest BCUT2D eigenvalue weighted by atomic mass is 32.1. The molecule has 2 rings (SSSR count). The first-order valence-electron chi connectivity index (χ1n) is 4.88. The van der Waals surface area contributed by atoms with E-state index in [0.29, 0.717) is 6.04 Å². The summed E-state index contributed by atoms with van der Waals surface area (Å²) in [6, 6.07) is 8.83. The zero-order valence-corrected chi connectivity index (χ0v) is 9.03. The molecule has 1 aliphatic rings. The lowest BCUT2D eigenvalue weighted by molar-refractivity contribution is 0.919. The minimum Gasteiger partial charge on any atom is -0.360 e. The molecule has 0 unspecified atom stereocenters. The van der Waals surface area contributed by atoms with Gasteiger partial charge in [0, 0.05) is 11.7 Å². The van der Waals surface area contributed by atoms with E-state index >= 15 is 0 Å². The molecule has 0 heterocycles. The van der Waals surface area contributed by atoms with Crippen molar-refractivity contribution in [3.8, 4) is 0 Å². The number of hydrogen-bond acceptors (Lipinski definition) is 1. The summed E-state index contributed by atoms with van der Waals surface area (Å²) in [5.74, 6) is 0. The van der Waals surface area contributed by atoms with E-state index in [2.05, 4.69) is 29.7 Å². The van der Waals surface area contributed by atoms with Gasteiger partial charge in [-0.3, -0.25) is 0 Å². The molecule has 14 heavy (non-hydrogen) atoms. The van der Waals surface area contributed by atoms with Crippen LogP contribution < -0.4 is 10.6 Å². The molecule has 2 nitrogen and oxygen atoms in total. The highest BCUT2D eigenvalue weighted by Gasteiger charge is 2.21. The van der Waals surface area contributed by atoms with Gasteiger partial charge >= 0.3 is 0 Å². The van der Waals surface area contributed by atoms with Gasteiger partial charge in [0.25, 0.3) is 0 Å². The Hall–Kier alpha value is -1.09. The third kappa shape index (κ3) is 2.70. The van der Waals surface area contributed by atoms with Crippen molar-refractivity contribution in [2.75, 3.05) is 5.32 Å². The van der Waals surface area contributed by atoms with E-state index in [4.69, 9.17) is 12.2 Å². The summed E-state index contributed by atoms with van der Waals surface area (Å²) in [7, 11) is 0. The van der Waals surface area contributed by atoms with Crippen molar-refractivity contribution in [2.45, 2.75) is 25.8 Å². The average molecular weight is 206 g/mol. The van der Waals surface area contributed by atoms with E-state index in [0.717, 1.165) is 10.8 Å². The first kappa shape index (κ1) is 9.46. The second-order valence-electron chi connectivity index (χ2n) is 3.74. The van der Waals surface area contributed by atoms with Gasteiger partial charge in [-0.1, -0.05) is 17.7 Å². The summed E-state index contributed by atoms with van der Waals surface area (Å²) in [4.78, 5) is 0. The second-order valence-corrected chi connectivity index (χ2v) is 4.15. The summed E-state index contributed by atoms with van der Waals surface area (Å²) in [5, 5.41) is 7.13. The van der Waals surface area contributed by atoms with Crippen LogP contribution in [0, 0.1) is 6.92 Å². The monoisotopic (exact) mass is 206 g/mol. The van der Waals surface area contributed by atoms with E-state index < -0.39 is 0 Å². The van der Waals surface area contributed by atoms with Crippen LogP contribution in [0.25, 0.3) is 0 Å². The summed E-state index contributed by atoms with van der Waals surface area (Å²) >= 11 is 5.16. The lowest BCUT2D eigenvalue weighted by atomic mass is 10.2. The zero-order chi connectivity index (χ0) is 9.97. The largest absolute Gasteiger partial charge is 0.360 e. The maximum absolute atomic E-state index is 5.16. The van der Waals surface area contributed by atoms with Gasteiger partial charge in [-0.05, 0) is 44.1 Å². The Morgan fingerprint density at radius 2 is 1.93 bits per heavy atom. The Kier molecular flexibility index (Phi) is 2.68. The van der Waals surface area contributed by atoms with E-state index in [1.807, 2.05) is 12.1 Å². The molecule has 0 amide bonds. The molecule has 1 aliphatic carbocycles. The maximum atomic E-state index is 5.16. The Balaban J connectivity index is 1.89. The molecule has 3 heteroatoms. The van der Waals surface area contributed by atoms with Crippen LogP contribution in [0.3, 0.4) is 0 Å². The number of benzene rings is 1. The molecule has 1 fully saturated rings. The average Bonchev–Trinajstić information content (AvgIpc) is 2.93. The van der Waals surface area contributed by atoms with Crippen molar-refractivity contribution < 1.29 is 0 Å². The van der Waals surface area contributed by atoms with Crippen LogP contribution >= 0.6 is 12.2 Å². The Bertz CT molecular complexity index is 328. The van der Waals surface area contributed by atoms with Crippen LogP contribution in [0.5, 0.6) is 0 Å². The Morgan fingerprint density at radius 1 is 1.29 bits per heavy atom. The Morgan fingerprint density at radius 3 is 2.50 bits per heavy atom. The normalized spacial score (nSPS) is 14.9. The predicted octanol–water partition coefficient (Wildman–Crippen LogP) is 2.44. The fourth-order valence-electron chi connectivity index (χ4n) is 1.22. The van der Waals surface area contributed by atoms with Gasteiger partial charge in [-0.15, -0.1) is 0 Å². The van der Waals surface area contributed by atoms with E-state index in [1.54, 1.807) is 0 Å². The van der Waals surface area contributed by atoms with Crippen molar-refractivity contribution in [3.63, 3.8) is 0 Å². The fourth-order valence-corrected chi connectivity index (χ4v) is 1.50. The van der Waals surface area contributed by atoms with Crippen molar-refractivity contribution in [2.24, 2.45) is 0 Å². The first-order valence-corrected chi connectivity index (χ1v) is 5.29. The fraction of sp³-hybridized carbons (Fsp3) is 0.364.